The number of ether oxygens (including phenoxy) is 1. The summed E-state index contributed by atoms with van der Waals surface area (Å²) in [5.74, 6) is 0.810. The molecule has 0 spiro atoms. The number of piperidine rings is 1. The van der Waals surface area contributed by atoms with Crippen LogP contribution < -0.4 is 4.90 Å². The highest BCUT2D eigenvalue weighted by molar-refractivity contribution is 5.72. The topological polar surface area (TPSA) is 56.6 Å². The van der Waals surface area contributed by atoms with Gasteiger partial charge in [-0.05, 0) is 75.8 Å². The average Bonchev–Trinajstić information content (AvgIpc) is 2.74. The number of hydrogen-bond acceptors (Lipinski definition) is 5. The maximum Gasteiger partial charge on any atom is 0.308 e. The standard InChI is InChI=1S/C22H31N3O2/c1-24(20-9-5-19(6-10-20)22(26)27-2)16-18-11-13-25(14-12-18)21-7-3-17(15-23)4-8-21/h3-4,7-8,18-20H,5-6,9-14,16H2,1-2H3. The summed E-state index contributed by atoms with van der Waals surface area (Å²) in [5, 5.41) is 8.93. The Labute approximate surface area is 162 Å². The molecular formula is C22H31N3O2. The first-order valence-corrected chi connectivity index (χ1v) is 10.1. The van der Waals surface area contributed by atoms with E-state index in [1.807, 2.05) is 12.1 Å². The molecule has 1 aliphatic carbocycles. The number of hydrogen-bond donors (Lipinski definition) is 0. The summed E-state index contributed by atoms with van der Waals surface area (Å²) in [7, 11) is 3.74. The monoisotopic (exact) mass is 369 g/mol. The van der Waals surface area contributed by atoms with Crippen LogP contribution in [0.15, 0.2) is 24.3 Å². The first kappa shape index (κ1) is 19.7. The minimum Gasteiger partial charge on any atom is -0.469 e. The fourth-order valence-electron chi connectivity index (χ4n) is 4.60. The van der Waals surface area contributed by atoms with Gasteiger partial charge >= 0.3 is 5.97 Å². The van der Waals surface area contributed by atoms with Crippen LogP contribution in [-0.2, 0) is 9.53 Å². The zero-order chi connectivity index (χ0) is 19.2. The van der Waals surface area contributed by atoms with Crippen LogP contribution in [0.25, 0.3) is 0 Å². The molecule has 0 N–H and O–H groups in total. The lowest BCUT2D eigenvalue weighted by molar-refractivity contribution is -0.146. The van der Waals surface area contributed by atoms with E-state index in [2.05, 4.69) is 35.0 Å². The van der Waals surface area contributed by atoms with Gasteiger partial charge in [0, 0.05) is 31.4 Å². The smallest absolute Gasteiger partial charge is 0.308 e. The van der Waals surface area contributed by atoms with Gasteiger partial charge in [-0.2, -0.15) is 5.26 Å². The van der Waals surface area contributed by atoms with Crippen molar-refractivity contribution in [2.24, 2.45) is 11.8 Å². The van der Waals surface area contributed by atoms with E-state index in [0.29, 0.717) is 6.04 Å². The summed E-state index contributed by atoms with van der Waals surface area (Å²) in [6, 6.07) is 10.7. The first-order chi connectivity index (χ1) is 13.1. The maximum absolute atomic E-state index is 11.7. The van der Waals surface area contributed by atoms with Crippen LogP contribution >= 0.6 is 0 Å². The number of benzene rings is 1. The van der Waals surface area contributed by atoms with Gasteiger partial charge in [0.05, 0.1) is 24.7 Å². The Kier molecular flexibility index (Phi) is 6.73. The quantitative estimate of drug-likeness (QED) is 0.744. The second-order valence-corrected chi connectivity index (χ2v) is 8.06. The molecule has 1 heterocycles. The molecule has 2 aliphatic rings. The van der Waals surface area contributed by atoms with Crippen molar-refractivity contribution in [2.45, 2.75) is 44.6 Å². The number of methoxy groups -OCH3 is 1. The molecule has 27 heavy (non-hydrogen) atoms. The third kappa shape index (κ3) is 5.01. The lowest BCUT2D eigenvalue weighted by Crippen LogP contribution is -2.42. The van der Waals surface area contributed by atoms with Gasteiger partial charge in [-0.15, -0.1) is 0 Å². The van der Waals surface area contributed by atoms with Crippen LogP contribution in [0.5, 0.6) is 0 Å². The molecule has 1 aromatic carbocycles. The van der Waals surface area contributed by atoms with Crippen molar-refractivity contribution in [3.05, 3.63) is 29.8 Å². The average molecular weight is 370 g/mol. The molecule has 0 amide bonds. The van der Waals surface area contributed by atoms with Gasteiger partial charge in [-0.1, -0.05) is 0 Å². The third-order valence-electron chi connectivity index (χ3n) is 6.38. The molecule has 0 atom stereocenters. The first-order valence-electron chi connectivity index (χ1n) is 10.1. The molecule has 0 aromatic heterocycles. The molecule has 0 bridgehead atoms. The fourth-order valence-corrected chi connectivity index (χ4v) is 4.60. The van der Waals surface area contributed by atoms with E-state index in [-0.39, 0.29) is 11.9 Å². The number of nitrogens with zero attached hydrogens (tertiary/aromatic N) is 3. The summed E-state index contributed by atoms with van der Waals surface area (Å²) in [5.41, 5.74) is 1.94. The molecular weight excluding hydrogens is 338 g/mol. The largest absolute Gasteiger partial charge is 0.469 e. The highest BCUT2D eigenvalue weighted by Gasteiger charge is 2.30. The molecule has 0 unspecified atom stereocenters. The number of carbonyl (C=O) groups excluding carboxylic acids is 1. The molecule has 1 saturated carbocycles. The van der Waals surface area contributed by atoms with E-state index >= 15 is 0 Å². The van der Waals surface area contributed by atoms with Crippen LogP contribution in [0, 0.1) is 23.2 Å². The molecule has 1 aliphatic heterocycles. The summed E-state index contributed by atoms with van der Waals surface area (Å²) in [6.45, 7) is 3.31. The number of carbonyl (C=O) groups is 1. The van der Waals surface area contributed by atoms with Crippen LogP contribution in [0.3, 0.4) is 0 Å². The number of rotatable bonds is 5. The maximum atomic E-state index is 11.7. The van der Waals surface area contributed by atoms with Gasteiger partial charge in [0.1, 0.15) is 0 Å². The van der Waals surface area contributed by atoms with E-state index < -0.39 is 0 Å². The minimum atomic E-state index is -0.0359. The minimum absolute atomic E-state index is 0.0359. The Hall–Kier alpha value is -2.06. The van der Waals surface area contributed by atoms with Gasteiger partial charge in [0.15, 0.2) is 0 Å². The lowest BCUT2D eigenvalue weighted by atomic mass is 9.85. The number of esters is 1. The summed E-state index contributed by atoms with van der Waals surface area (Å²) < 4.78 is 4.89. The Morgan fingerprint density at radius 1 is 1.15 bits per heavy atom. The van der Waals surface area contributed by atoms with E-state index in [0.717, 1.165) is 56.8 Å². The van der Waals surface area contributed by atoms with Gasteiger partial charge in [-0.3, -0.25) is 4.79 Å². The predicted molar refractivity (Wildman–Crippen MR) is 106 cm³/mol. The molecule has 5 heteroatoms. The van der Waals surface area contributed by atoms with Crippen molar-refractivity contribution in [1.82, 2.24) is 4.90 Å². The second kappa shape index (κ2) is 9.23. The van der Waals surface area contributed by atoms with Crippen molar-refractivity contribution in [3.8, 4) is 6.07 Å². The number of anilines is 1. The van der Waals surface area contributed by atoms with Gasteiger partial charge in [0.25, 0.3) is 0 Å². The summed E-state index contributed by atoms with van der Waals surface area (Å²) in [4.78, 5) is 16.6. The normalized spacial score (nSPS) is 23.9. The van der Waals surface area contributed by atoms with Gasteiger partial charge in [0.2, 0.25) is 0 Å². The molecule has 2 fully saturated rings. The second-order valence-electron chi connectivity index (χ2n) is 8.06. The van der Waals surface area contributed by atoms with Crippen molar-refractivity contribution in [2.75, 3.05) is 38.7 Å². The third-order valence-corrected chi connectivity index (χ3v) is 6.38. The SMILES string of the molecule is COC(=O)C1CCC(N(C)CC2CCN(c3ccc(C#N)cc3)CC2)CC1. The lowest BCUT2D eigenvalue weighted by Gasteiger charge is -2.39. The Morgan fingerprint density at radius 2 is 1.78 bits per heavy atom. The van der Waals surface area contributed by atoms with Gasteiger partial charge < -0.3 is 14.5 Å². The highest BCUT2D eigenvalue weighted by atomic mass is 16.5. The zero-order valence-electron chi connectivity index (χ0n) is 16.6. The van der Waals surface area contributed by atoms with E-state index in [1.54, 1.807) is 0 Å². The molecule has 3 rings (SSSR count). The van der Waals surface area contributed by atoms with Crippen LogP contribution in [0.4, 0.5) is 5.69 Å². The molecule has 0 radical (unpaired) electrons. The summed E-state index contributed by atoms with van der Waals surface area (Å²) in [6.07, 6.45) is 6.53. The number of nitriles is 1. The Balaban J connectivity index is 1.42. The molecule has 1 aromatic rings. The predicted octanol–water partition coefficient (Wildman–Crippen LogP) is 3.44. The molecule has 1 saturated heterocycles. The van der Waals surface area contributed by atoms with Gasteiger partial charge in [-0.25, -0.2) is 0 Å². The Morgan fingerprint density at radius 3 is 2.33 bits per heavy atom. The van der Waals surface area contributed by atoms with E-state index in [4.69, 9.17) is 10.00 Å². The van der Waals surface area contributed by atoms with Crippen molar-refractivity contribution in [3.63, 3.8) is 0 Å². The van der Waals surface area contributed by atoms with Crippen molar-refractivity contribution in [1.29, 1.82) is 5.26 Å². The zero-order valence-corrected chi connectivity index (χ0v) is 16.6. The fraction of sp³-hybridized carbons (Fsp3) is 0.636. The molecule has 146 valence electrons. The van der Waals surface area contributed by atoms with E-state index in [9.17, 15) is 4.79 Å². The van der Waals surface area contributed by atoms with Crippen LogP contribution in [0.1, 0.15) is 44.1 Å². The summed E-state index contributed by atoms with van der Waals surface area (Å²) >= 11 is 0. The Bertz CT molecular complexity index is 651. The van der Waals surface area contributed by atoms with Crippen molar-refractivity contribution >= 4 is 11.7 Å². The van der Waals surface area contributed by atoms with E-state index in [1.165, 1.54) is 25.6 Å². The van der Waals surface area contributed by atoms with Crippen LogP contribution in [-0.4, -0.2) is 50.7 Å². The van der Waals surface area contributed by atoms with Crippen molar-refractivity contribution < 1.29 is 9.53 Å². The highest BCUT2D eigenvalue weighted by Crippen LogP contribution is 2.30. The molecule has 5 nitrogen and oxygen atoms in total. The van der Waals surface area contributed by atoms with Crippen LogP contribution in [0.2, 0.25) is 0 Å².